The van der Waals surface area contributed by atoms with Gasteiger partial charge in [-0.2, -0.15) is 5.26 Å². The molecule has 0 spiro atoms. The molecule has 24 heavy (non-hydrogen) atoms. The lowest BCUT2D eigenvalue weighted by Crippen LogP contribution is -2.47. The highest BCUT2D eigenvalue weighted by Crippen LogP contribution is 2.12. The minimum Gasteiger partial charge on any atom is -0.481 e. The number of benzene rings is 2. The number of hydrazine groups is 1. The van der Waals surface area contributed by atoms with Gasteiger partial charge in [0.2, 0.25) is 0 Å². The van der Waals surface area contributed by atoms with Crippen LogP contribution in [0.4, 0.5) is 4.39 Å². The van der Waals surface area contributed by atoms with E-state index >= 15 is 0 Å². The first kappa shape index (κ1) is 17.0. The molecule has 2 amide bonds. The van der Waals surface area contributed by atoms with Gasteiger partial charge in [0.1, 0.15) is 11.6 Å². The number of hydrogen-bond donors (Lipinski definition) is 2. The van der Waals surface area contributed by atoms with Gasteiger partial charge in [0.15, 0.2) is 6.10 Å². The van der Waals surface area contributed by atoms with Gasteiger partial charge in [0.05, 0.1) is 11.6 Å². The molecule has 1 atom stereocenters. The van der Waals surface area contributed by atoms with Crippen LogP contribution in [0.1, 0.15) is 22.8 Å². The summed E-state index contributed by atoms with van der Waals surface area (Å²) in [7, 11) is 0. The van der Waals surface area contributed by atoms with Crippen molar-refractivity contribution >= 4 is 11.8 Å². The van der Waals surface area contributed by atoms with Crippen LogP contribution in [-0.2, 0) is 4.79 Å². The average Bonchev–Trinajstić information content (AvgIpc) is 2.61. The van der Waals surface area contributed by atoms with Crippen molar-refractivity contribution in [1.29, 1.82) is 5.26 Å². The van der Waals surface area contributed by atoms with E-state index in [1.807, 2.05) is 6.07 Å². The fourth-order valence-electron chi connectivity index (χ4n) is 1.79. The van der Waals surface area contributed by atoms with Crippen LogP contribution in [-0.4, -0.2) is 17.9 Å². The van der Waals surface area contributed by atoms with Crippen molar-refractivity contribution in [2.45, 2.75) is 13.0 Å². The van der Waals surface area contributed by atoms with Crippen LogP contribution in [0.25, 0.3) is 0 Å². The number of ether oxygens (including phenoxy) is 1. The Morgan fingerprint density at radius 1 is 1.17 bits per heavy atom. The largest absolute Gasteiger partial charge is 0.481 e. The average molecular weight is 327 g/mol. The van der Waals surface area contributed by atoms with Crippen LogP contribution < -0.4 is 15.6 Å². The van der Waals surface area contributed by atoms with Crippen molar-refractivity contribution in [3.05, 3.63) is 65.5 Å². The molecule has 122 valence electrons. The van der Waals surface area contributed by atoms with Crippen LogP contribution in [0, 0.1) is 17.1 Å². The van der Waals surface area contributed by atoms with E-state index in [4.69, 9.17) is 10.00 Å². The number of rotatable bonds is 4. The summed E-state index contributed by atoms with van der Waals surface area (Å²) in [5, 5.41) is 8.80. The Morgan fingerprint density at radius 2 is 1.88 bits per heavy atom. The van der Waals surface area contributed by atoms with Gasteiger partial charge >= 0.3 is 0 Å². The van der Waals surface area contributed by atoms with E-state index in [0.717, 1.165) is 0 Å². The molecule has 0 fully saturated rings. The summed E-state index contributed by atoms with van der Waals surface area (Å²) in [4.78, 5) is 23.8. The van der Waals surface area contributed by atoms with Crippen LogP contribution in [0.15, 0.2) is 48.5 Å². The maximum atomic E-state index is 12.8. The highest BCUT2D eigenvalue weighted by molar-refractivity contribution is 5.96. The van der Waals surface area contributed by atoms with Crippen molar-refractivity contribution in [2.75, 3.05) is 0 Å². The van der Waals surface area contributed by atoms with Crippen molar-refractivity contribution in [3.63, 3.8) is 0 Å². The third-order valence-electron chi connectivity index (χ3n) is 3.05. The van der Waals surface area contributed by atoms with E-state index in [9.17, 15) is 14.0 Å². The molecule has 7 heteroatoms. The second-order valence-corrected chi connectivity index (χ2v) is 4.85. The molecule has 0 heterocycles. The number of nitrogens with one attached hydrogen (secondary N) is 2. The topological polar surface area (TPSA) is 91.2 Å². The minimum absolute atomic E-state index is 0.237. The zero-order valence-electron chi connectivity index (χ0n) is 12.7. The summed E-state index contributed by atoms with van der Waals surface area (Å²) >= 11 is 0. The smallest absolute Gasteiger partial charge is 0.279 e. The lowest BCUT2D eigenvalue weighted by atomic mass is 10.1. The molecule has 0 unspecified atom stereocenters. The molecule has 2 aromatic rings. The van der Waals surface area contributed by atoms with Crippen LogP contribution >= 0.6 is 0 Å². The van der Waals surface area contributed by atoms with Gasteiger partial charge in [0.25, 0.3) is 11.8 Å². The summed E-state index contributed by atoms with van der Waals surface area (Å²) in [5.74, 6) is -1.23. The van der Waals surface area contributed by atoms with E-state index in [0.29, 0.717) is 11.3 Å². The monoisotopic (exact) mass is 327 g/mol. The van der Waals surface area contributed by atoms with Gasteiger partial charge in [-0.25, -0.2) is 4.39 Å². The van der Waals surface area contributed by atoms with Crippen LogP contribution in [0.2, 0.25) is 0 Å². The van der Waals surface area contributed by atoms with E-state index in [1.165, 1.54) is 43.3 Å². The molecule has 0 aromatic heterocycles. The molecular formula is C17H14FN3O3. The number of hydrogen-bond acceptors (Lipinski definition) is 4. The van der Waals surface area contributed by atoms with Crippen molar-refractivity contribution < 1.29 is 18.7 Å². The van der Waals surface area contributed by atoms with E-state index in [-0.39, 0.29) is 5.56 Å². The third kappa shape index (κ3) is 4.55. The number of amides is 2. The predicted molar refractivity (Wildman–Crippen MR) is 83.3 cm³/mol. The first-order valence-electron chi connectivity index (χ1n) is 7.02. The first-order chi connectivity index (χ1) is 11.5. The van der Waals surface area contributed by atoms with E-state index in [2.05, 4.69) is 10.9 Å². The molecule has 0 saturated carbocycles. The van der Waals surface area contributed by atoms with Crippen LogP contribution in [0.3, 0.4) is 0 Å². The molecular weight excluding hydrogens is 313 g/mol. The summed E-state index contributed by atoms with van der Waals surface area (Å²) in [6, 6.07) is 13.2. The maximum absolute atomic E-state index is 12.8. The Morgan fingerprint density at radius 3 is 2.54 bits per heavy atom. The molecule has 0 aliphatic carbocycles. The zero-order valence-corrected chi connectivity index (χ0v) is 12.7. The summed E-state index contributed by atoms with van der Waals surface area (Å²) in [6.07, 6.45) is -0.902. The Kier molecular flexibility index (Phi) is 5.47. The molecule has 0 bridgehead atoms. The summed E-state index contributed by atoms with van der Waals surface area (Å²) < 4.78 is 18.1. The number of carbonyl (C=O) groups is 2. The summed E-state index contributed by atoms with van der Waals surface area (Å²) in [5.41, 5.74) is 5.04. The zero-order chi connectivity index (χ0) is 17.5. The Bertz CT molecular complexity index is 784. The molecule has 0 aliphatic heterocycles. The Hall–Kier alpha value is -3.40. The summed E-state index contributed by atoms with van der Waals surface area (Å²) in [6.45, 7) is 1.49. The number of nitriles is 1. The molecule has 0 aliphatic rings. The normalized spacial score (nSPS) is 11.0. The van der Waals surface area contributed by atoms with Crippen LogP contribution in [0.5, 0.6) is 5.75 Å². The van der Waals surface area contributed by atoms with Gasteiger partial charge in [-0.15, -0.1) is 0 Å². The van der Waals surface area contributed by atoms with Gasteiger partial charge < -0.3 is 4.74 Å². The van der Waals surface area contributed by atoms with Gasteiger partial charge in [-0.3, -0.25) is 20.4 Å². The number of halogens is 1. The van der Waals surface area contributed by atoms with Crippen molar-refractivity contribution in [2.24, 2.45) is 0 Å². The van der Waals surface area contributed by atoms with Gasteiger partial charge in [0, 0.05) is 5.56 Å². The first-order valence-corrected chi connectivity index (χ1v) is 7.02. The van der Waals surface area contributed by atoms with Crippen molar-refractivity contribution in [1.82, 2.24) is 10.9 Å². The standard InChI is InChI=1S/C17H14FN3O3/c1-11(24-15-7-5-14(18)6-8-15)16(22)20-21-17(23)13-4-2-3-12(9-13)10-19/h2-9,11H,1H3,(H,20,22)(H,21,23)/t11-/m0/s1. The fraction of sp³-hybridized carbons (Fsp3) is 0.118. The molecule has 6 nitrogen and oxygen atoms in total. The van der Waals surface area contributed by atoms with Crippen molar-refractivity contribution in [3.8, 4) is 11.8 Å². The fourth-order valence-corrected chi connectivity index (χ4v) is 1.79. The predicted octanol–water partition coefficient (Wildman–Crippen LogP) is 1.93. The van der Waals surface area contributed by atoms with E-state index < -0.39 is 23.7 Å². The third-order valence-corrected chi connectivity index (χ3v) is 3.05. The molecule has 0 radical (unpaired) electrons. The quantitative estimate of drug-likeness (QED) is 0.840. The molecule has 2 N–H and O–H groups in total. The van der Waals surface area contributed by atoms with E-state index in [1.54, 1.807) is 12.1 Å². The Labute approximate surface area is 137 Å². The van der Waals surface area contributed by atoms with Gasteiger partial charge in [-0.05, 0) is 49.4 Å². The molecule has 2 aromatic carbocycles. The Balaban J connectivity index is 1.88. The lowest BCUT2D eigenvalue weighted by Gasteiger charge is -2.15. The SMILES string of the molecule is C[C@H](Oc1ccc(F)cc1)C(=O)NNC(=O)c1cccc(C#N)c1. The molecule has 2 rings (SSSR count). The number of carbonyl (C=O) groups excluding carboxylic acids is 2. The van der Waals surface area contributed by atoms with Gasteiger partial charge in [-0.1, -0.05) is 6.07 Å². The second-order valence-electron chi connectivity index (χ2n) is 4.85. The second kappa shape index (κ2) is 7.74. The lowest BCUT2D eigenvalue weighted by molar-refractivity contribution is -0.128. The maximum Gasteiger partial charge on any atom is 0.279 e. The molecule has 0 saturated heterocycles. The highest BCUT2D eigenvalue weighted by atomic mass is 19.1. The minimum atomic E-state index is -0.902. The highest BCUT2D eigenvalue weighted by Gasteiger charge is 2.16. The number of nitrogens with zero attached hydrogens (tertiary/aromatic N) is 1.